The summed E-state index contributed by atoms with van der Waals surface area (Å²) in [7, 11) is 4.96. The van der Waals surface area contributed by atoms with E-state index in [4.69, 9.17) is 14.2 Å². The third kappa shape index (κ3) is 3.08. The van der Waals surface area contributed by atoms with Crippen molar-refractivity contribution < 1.29 is 14.2 Å². The van der Waals surface area contributed by atoms with Gasteiger partial charge in [0.15, 0.2) is 0 Å². The quantitative estimate of drug-likeness (QED) is 0.749. The Labute approximate surface area is 157 Å². The fraction of sp³-hybridized carbons (Fsp3) is 0.200. The van der Waals surface area contributed by atoms with Gasteiger partial charge in [0.1, 0.15) is 29.6 Å². The molecule has 1 aliphatic rings. The van der Waals surface area contributed by atoms with Gasteiger partial charge in [0, 0.05) is 11.3 Å². The van der Waals surface area contributed by atoms with Crippen LogP contribution in [0.3, 0.4) is 0 Å². The van der Waals surface area contributed by atoms with E-state index in [1.807, 2.05) is 47.1 Å². The molecule has 2 aromatic carbocycles. The summed E-state index contributed by atoms with van der Waals surface area (Å²) in [5.74, 6) is 2.99. The van der Waals surface area contributed by atoms with Gasteiger partial charge in [-0.3, -0.25) is 0 Å². The highest BCUT2D eigenvalue weighted by Gasteiger charge is 2.26. The van der Waals surface area contributed by atoms with Crippen LogP contribution in [0, 0.1) is 0 Å². The van der Waals surface area contributed by atoms with Crippen LogP contribution in [-0.2, 0) is 0 Å². The summed E-state index contributed by atoms with van der Waals surface area (Å²) >= 11 is 0. The van der Waals surface area contributed by atoms with Gasteiger partial charge in [0.05, 0.1) is 21.3 Å². The van der Waals surface area contributed by atoms with E-state index in [9.17, 15) is 0 Å². The molecule has 1 aromatic heterocycles. The maximum atomic E-state index is 5.58. The Morgan fingerprint density at radius 1 is 0.926 bits per heavy atom. The fourth-order valence-corrected chi connectivity index (χ4v) is 3.16. The molecule has 0 saturated heterocycles. The molecule has 7 nitrogen and oxygen atoms in total. The molecule has 0 bridgehead atoms. The topological polar surface area (TPSA) is 70.4 Å². The van der Waals surface area contributed by atoms with E-state index in [2.05, 4.69) is 21.5 Å². The van der Waals surface area contributed by atoms with Crippen LogP contribution in [0.25, 0.3) is 5.70 Å². The van der Waals surface area contributed by atoms with E-state index in [-0.39, 0.29) is 6.04 Å². The van der Waals surface area contributed by atoms with Crippen LogP contribution in [-0.4, -0.2) is 36.1 Å². The minimum absolute atomic E-state index is 0.189. The number of aromatic nitrogens is 3. The van der Waals surface area contributed by atoms with Gasteiger partial charge in [-0.05, 0) is 54.1 Å². The molecule has 3 aromatic rings. The molecule has 27 heavy (non-hydrogen) atoms. The van der Waals surface area contributed by atoms with E-state index in [0.717, 1.165) is 34.1 Å². The number of ether oxygens (including phenoxy) is 3. The second kappa shape index (κ2) is 7.03. The molecule has 0 amide bonds. The summed E-state index contributed by atoms with van der Waals surface area (Å²) in [6, 6.07) is 13.4. The van der Waals surface area contributed by atoms with Gasteiger partial charge < -0.3 is 19.5 Å². The SMILES string of the molecule is COc1ccc(C2=CC(c3cc(OC)ccc3OC)n3ncnc3N2)cc1. The van der Waals surface area contributed by atoms with Crippen molar-refractivity contribution in [1.82, 2.24) is 14.8 Å². The number of rotatable bonds is 5. The van der Waals surface area contributed by atoms with E-state index in [1.165, 1.54) is 6.33 Å². The summed E-state index contributed by atoms with van der Waals surface area (Å²) in [5.41, 5.74) is 2.90. The third-order valence-electron chi connectivity index (χ3n) is 4.56. The fourth-order valence-electron chi connectivity index (χ4n) is 3.16. The smallest absolute Gasteiger partial charge is 0.226 e. The molecule has 0 radical (unpaired) electrons. The number of nitrogens with one attached hydrogen (secondary N) is 1. The summed E-state index contributed by atoms with van der Waals surface area (Å²) in [6.07, 6.45) is 3.63. The van der Waals surface area contributed by atoms with Crippen molar-refractivity contribution in [3.05, 3.63) is 66.0 Å². The highest BCUT2D eigenvalue weighted by atomic mass is 16.5. The zero-order valence-corrected chi connectivity index (χ0v) is 15.3. The second-order valence-electron chi connectivity index (χ2n) is 6.01. The summed E-state index contributed by atoms with van der Waals surface area (Å²) < 4.78 is 18.1. The highest BCUT2D eigenvalue weighted by Crippen LogP contribution is 2.37. The van der Waals surface area contributed by atoms with Crippen molar-refractivity contribution >= 4 is 11.6 Å². The molecule has 0 aliphatic carbocycles. The van der Waals surface area contributed by atoms with Crippen LogP contribution in [0.1, 0.15) is 17.2 Å². The van der Waals surface area contributed by atoms with Crippen LogP contribution in [0.5, 0.6) is 17.2 Å². The molecule has 0 spiro atoms. The Bertz CT molecular complexity index is 979. The number of fused-ring (bicyclic) bond motifs is 1. The number of allylic oxidation sites excluding steroid dienone is 1. The van der Waals surface area contributed by atoms with Crippen molar-refractivity contribution in [3.8, 4) is 17.2 Å². The molecule has 1 unspecified atom stereocenters. The van der Waals surface area contributed by atoms with Gasteiger partial charge >= 0.3 is 0 Å². The minimum Gasteiger partial charge on any atom is -0.497 e. The summed E-state index contributed by atoms with van der Waals surface area (Å²) in [6.45, 7) is 0. The van der Waals surface area contributed by atoms with Crippen LogP contribution < -0.4 is 19.5 Å². The third-order valence-corrected chi connectivity index (χ3v) is 4.56. The Balaban J connectivity index is 1.82. The zero-order chi connectivity index (χ0) is 18.8. The van der Waals surface area contributed by atoms with Crippen LogP contribution >= 0.6 is 0 Å². The van der Waals surface area contributed by atoms with Gasteiger partial charge in [-0.2, -0.15) is 10.1 Å². The minimum atomic E-state index is -0.189. The lowest BCUT2D eigenvalue weighted by atomic mass is 10.0. The molecule has 138 valence electrons. The van der Waals surface area contributed by atoms with Crippen molar-refractivity contribution in [2.24, 2.45) is 0 Å². The van der Waals surface area contributed by atoms with Crippen molar-refractivity contribution in [3.63, 3.8) is 0 Å². The Morgan fingerprint density at radius 2 is 1.67 bits per heavy atom. The van der Waals surface area contributed by atoms with Crippen LogP contribution in [0.15, 0.2) is 54.9 Å². The monoisotopic (exact) mass is 364 g/mol. The van der Waals surface area contributed by atoms with Crippen molar-refractivity contribution in [2.75, 3.05) is 26.6 Å². The van der Waals surface area contributed by atoms with Gasteiger partial charge in [0.2, 0.25) is 5.95 Å². The molecule has 0 saturated carbocycles. The molecular weight excluding hydrogens is 344 g/mol. The number of benzene rings is 2. The molecule has 1 aliphatic heterocycles. The normalized spacial score (nSPS) is 15.4. The van der Waals surface area contributed by atoms with Gasteiger partial charge in [-0.25, -0.2) is 4.68 Å². The average molecular weight is 364 g/mol. The summed E-state index contributed by atoms with van der Waals surface area (Å²) in [4.78, 5) is 4.34. The highest BCUT2D eigenvalue weighted by molar-refractivity contribution is 5.77. The standard InChI is InChI=1S/C20H20N4O3/c1-25-14-6-4-13(5-7-14)17-11-18(24-20(23-17)21-12-22-24)16-10-15(26-2)8-9-19(16)27-3/h4-12,18H,1-3H3,(H,21,22,23). The predicted octanol–water partition coefficient (Wildman–Crippen LogP) is 3.36. The van der Waals surface area contributed by atoms with Gasteiger partial charge in [0.25, 0.3) is 0 Å². The lowest BCUT2D eigenvalue weighted by Gasteiger charge is -2.26. The van der Waals surface area contributed by atoms with Crippen LogP contribution in [0.4, 0.5) is 5.95 Å². The van der Waals surface area contributed by atoms with Crippen LogP contribution in [0.2, 0.25) is 0 Å². The summed E-state index contributed by atoms with van der Waals surface area (Å²) in [5, 5.41) is 7.72. The van der Waals surface area contributed by atoms with E-state index in [1.54, 1.807) is 21.3 Å². The number of anilines is 1. The van der Waals surface area contributed by atoms with Crippen molar-refractivity contribution in [1.29, 1.82) is 0 Å². The van der Waals surface area contributed by atoms with E-state index >= 15 is 0 Å². The molecular formula is C20H20N4O3. The zero-order valence-electron chi connectivity index (χ0n) is 15.3. The molecule has 1 atom stereocenters. The predicted molar refractivity (Wildman–Crippen MR) is 102 cm³/mol. The largest absolute Gasteiger partial charge is 0.497 e. The number of nitrogens with zero attached hydrogens (tertiary/aromatic N) is 3. The molecule has 7 heteroatoms. The first-order valence-electron chi connectivity index (χ1n) is 8.48. The maximum Gasteiger partial charge on any atom is 0.226 e. The first-order chi connectivity index (χ1) is 13.2. The Morgan fingerprint density at radius 3 is 2.37 bits per heavy atom. The van der Waals surface area contributed by atoms with E-state index in [0.29, 0.717) is 5.95 Å². The molecule has 1 N–H and O–H groups in total. The average Bonchev–Trinajstić information content (AvgIpc) is 3.21. The number of hydrogen-bond acceptors (Lipinski definition) is 6. The van der Waals surface area contributed by atoms with Crippen molar-refractivity contribution in [2.45, 2.75) is 6.04 Å². The van der Waals surface area contributed by atoms with Gasteiger partial charge in [-0.15, -0.1) is 0 Å². The molecule has 4 rings (SSSR count). The maximum absolute atomic E-state index is 5.58. The Hall–Kier alpha value is -3.48. The lowest BCUT2D eigenvalue weighted by Crippen LogP contribution is -2.20. The lowest BCUT2D eigenvalue weighted by molar-refractivity contribution is 0.394. The first-order valence-corrected chi connectivity index (χ1v) is 8.48. The molecule has 2 heterocycles. The van der Waals surface area contributed by atoms with Gasteiger partial charge in [-0.1, -0.05) is 0 Å². The Kier molecular flexibility index (Phi) is 4.42. The first kappa shape index (κ1) is 17.0. The molecule has 0 fully saturated rings. The number of methoxy groups -OCH3 is 3. The van der Waals surface area contributed by atoms with E-state index < -0.39 is 0 Å². The number of hydrogen-bond donors (Lipinski definition) is 1. The second-order valence-corrected chi connectivity index (χ2v) is 6.01.